The van der Waals surface area contributed by atoms with Gasteiger partial charge in [-0.25, -0.2) is 8.42 Å². The molecule has 2 amide bonds. The Kier molecular flexibility index (Phi) is 5.89. The number of nitrogen functional groups attached to an aromatic ring is 1. The Morgan fingerprint density at radius 3 is 2.48 bits per heavy atom. The fourth-order valence-corrected chi connectivity index (χ4v) is 4.06. The van der Waals surface area contributed by atoms with E-state index in [0.29, 0.717) is 40.3 Å². The van der Waals surface area contributed by atoms with Crippen LogP contribution in [0, 0.1) is 0 Å². The lowest BCUT2D eigenvalue weighted by Crippen LogP contribution is -2.13. The van der Waals surface area contributed by atoms with E-state index in [1.165, 1.54) is 12.1 Å². The molecule has 4 rings (SSSR count). The lowest BCUT2D eigenvalue weighted by molar-refractivity contribution is -0.110. The molecule has 0 saturated carbocycles. The summed E-state index contributed by atoms with van der Waals surface area (Å²) in [7, 11) is -3.38. The monoisotopic (exact) mass is 462 g/mol. The molecule has 0 spiro atoms. The predicted octanol–water partition coefficient (Wildman–Crippen LogP) is 3.37. The molecule has 1 aliphatic rings. The smallest absolute Gasteiger partial charge is 0.256 e. The molecule has 5 N–H and O–H groups in total. The molecule has 8 nitrogen and oxygen atoms in total. The molecule has 33 heavy (non-hydrogen) atoms. The van der Waals surface area contributed by atoms with Gasteiger partial charge in [-0.05, 0) is 54.6 Å². The maximum absolute atomic E-state index is 12.4. The van der Waals surface area contributed by atoms with Crippen molar-refractivity contribution in [3.05, 3.63) is 83.9 Å². The van der Waals surface area contributed by atoms with Crippen molar-refractivity contribution in [3.63, 3.8) is 0 Å². The molecule has 1 heterocycles. The maximum Gasteiger partial charge on any atom is 0.256 e. The van der Waals surface area contributed by atoms with Gasteiger partial charge in [-0.2, -0.15) is 0 Å². The first-order valence-electron chi connectivity index (χ1n) is 10.1. The van der Waals surface area contributed by atoms with Crippen LogP contribution in [0.15, 0.2) is 77.7 Å². The average Bonchev–Trinajstić information content (AvgIpc) is 3.09. The third-order valence-electron chi connectivity index (χ3n) is 5.17. The summed E-state index contributed by atoms with van der Waals surface area (Å²) in [6, 6.07) is 18.5. The number of rotatable bonds is 6. The third-order valence-corrected chi connectivity index (χ3v) is 6.28. The van der Waals surface area contributed by atoms with E-state index < -0.39 is 9.84 Å². The maximum atomic E-state index is 12.4. The van der Waals surface area contributed by atoms with E-state index in [2.05, 4.69) is 16.0 Å². The van der Waals surface area contributed by atoms with Crippen LogP contribution in [0.2, 0.25) is 0 Å². The molecule has 0 unspecified atom stereocenters. The van der Waals surface area contributed by atoms with Crippen LogP contribution >= 0.6 is 0 Å². The van der Waals surface area contributed by atoms with Crippen molar-refractivity contribution in [2.75, 3.05) is 34.5 Å². The second kappa shape index (κ2) is 8.79. The largest absolute Gasteiger partial charge is 0.397 e. The van der Waals surface area contributed by atoms with Crippen LogP contribution in [0.4, 0.5) is 22.7 Å². The van der Waals surface area contributed by atoms with E-state index >= 15 is 0 Å². The Labute approximate surface area is 191 Å². The molecule has 0 fully saturated rings. The highest BCUT2D eigenvalue weighted by Crippen LogP contribution is 2.33. The molecule has 0 aliphatic carbocycles. The van der Waals surface area contributed by atoms with Crippen LogP contribution < -0.4 is 21.7 Å². The van der Waals surface area contributed by atoms with Crippen molar-refractivity contribution in [1.29, 1.82) is 0 Å². The van der Waals surface area contributed by atoms with Crippen molar-refractivity contribution in [2.45, 2.75) is 4.90 Å². The summed E-state index contributed by atoms with van der Waals surface area (Å²) in [6.45, 7) is 0.331. The summed E-state index contributed by atoms with van der Waals surface area (Å²) in [5.74, 6) is -0.563. The Morgan fingerprint density at radius 2 is 1.79 bits per heavy atom. The van der Waals surface area contributed by atoms with Crippen LogP contribution in [0.3, 0.4) is 0 Å². The van der Waals surface area contributed by atoms with Crippen molar-refractivity contribution in [1.82, 2.24) is 0 Å². The normalized spacial score (nSPS) is 14.0. The van der Waals surface area contributed by atoms with E-state index in [0.717, 1.165) is 11.9 Å². The summed E-state index contributed by atoms with van der Waals surface area (Å²) in [5, 5.41) is 8.68. The molecule has 0 saturated heterocycles. The standard InChI is InChI=1S/C24H22N4O4S/c1-33(31,32)17-10-11-21-19(14-17)18(24(30)27-21)12-13-26-16-8-6-15(7-9-16)23(29)28-22-5-3-2-4-20(22)25/h2-12,14,26H,13,25H2,1H3,(H,27,30)(H,28,29). The van der Waals surface area contributed by atoms with Crippen LogP contribution in [-0.4, -0.2) is 33.0 Å². The second-order valence-electron chi connectivity index (χ2n) is 7.55. The fourth-order valence-electron chi connectivity index (χ4n) is 3.42. The molecular formula is C24H22N4O4S. The number of benzene rings is 3. The molecule has 0 aromatic heterocycles. The summed E-state index contributed by atoms with van der Waals surface area (Å²) in [5.41, 5.74) is 9.65. The van der Waals surface area contributed by atoms with E-state index in [4.69, 9.17) is 5.73 Å². The highest BCUT2D eigenvalue weighted by Gasteiger charge is 2.25. The van der Waals surface area contributed by atoms with Gasteiger partial charge in [-0.3, -0.25) is 9.59 Å². The van der Waals surface area contributed by atoms with Crippen LogP contribution in [-0.2, 0) is 14.6 Å². The van der Waals surface area contributed by atoms with Gasteiger partial charge in [0.1, 0.15) is 0 Å². The minimum atomic E-state index is -3.38. The van der Waals surface area contributed by atoms with Crippen LogP contribution in [0.25, 0.3) is 5.57 Å². The molecular weight excluding hydrogens is 440 g/mol. The van der Waals surface area contributed by atoms with Crippen molar-refractivity contribution in [3.8, 4) is 0 Å². The molecule has 0 bridgehead atoms. The van der Waals surface area contributed by atoms with Crippen LogP contribution in [0.1, 0.15) is 15.9 Å². The Hall–Kier alpha value is -4.11. The number of nitrogens with one attached hydrogen (secondary N) is 3. The number of hydrogen-bond acceptors (Lipinski definition) is 6. The van der Waals surface area contributed by atoms with Gasteiger partial charge in [0.05, 0.1) is 16.3 Å². The quantitative estimate of drug-likeness (QED) is 0.328. The summed E-state index contributed by atoms with van der Waals surface area (Å²) in [6.07, 6.45) is 2.83. The number of nitrogens with two attached hydrogens (primary N) is 1. The zero-order chi connectivity index (χ0) is 23.6. The molecule has 3 aromatic rings. The van der Waals surface area contributed by atoms with Crippen molar-refractivity contribution in [2.24, 2.45) is 0 Å². The first kappa shape index (κ1) is 22.1. The van der Waals surface area contributed by atoms with Gasteiger partial charge in [0.15, 0.2) is 9.84 Å². The minimum Gasteiger partial charge on any atom is -0.397 e. The SMILES string of the molecule is CS(=O)(=O)c1ccc2c(c1)C(=CCNc1ccc(C(=O)Nc3ccccc3N)cc1)C(=O)N2. The van der Waals surface area contributed by atoms with Crippen molar-refractivity contribution >= 4 is 50.0 Å². The number of para-hydroxylation sites is 2. The van der Waals surface area contributed by atoms with E-state index in [9.17, 15) is 18.0 Å². The second-order valence-corrected chi connectivity index (χ2v) is 9.57. The highest BCUT2D eigenvalue weighted by atomic mass is 32.2. The number of carbonyl (C=O) groups is 2. The number of carbonyl (C=O) groups excluding carboxylic acids is 2. The Bertz CT molecular complexity index is 1380. The van der Waals surface area contributed by atoms with E-state index in [1.54, 1.807) is 60.7 Å². The summed E-state index contributed by atoms with van der Waals surface area (Å²) < 4.78 is 23.7. The number of amides is 2. The van der Waals surface area contributed by atoms with E-state index in [-0.39, 0.29) is 16.7 Å². The van der Waals surface area contributed by atoms with Gasteiger partial charge in [0.25, 0.3) is 11.8 Å². The minimum absolute atomic E-state index is 0.155. The zero-order valence-electron chi connectivity index (χ0n) is 17.8. The van der Waals surface area contributed by atoms with Crippen LogP contribution in [0.5, 0.6) is 0 Å². The lowest BCUT2D eigenvalue weighted by atomic mass is 10.1. The van der Waals surface area contributed by atoms with Gasteiger partial charge in [-0.15, -0.1) is 0 Å². The zero-order valence-corrected chi connectivity index (χ0v) is 18.6. The predicted molar refractivity (Wildman–Crippen MR) is 130 cm³/mol. The molecule has 1 aliphatic heterocycles. The topological polar surface area (TPSA) is 130 Å². The third kappa shape index (κ3) is 4.88. The van der Waals surface area contributed by atoms with E-state index in [1.807, 2.05) is 0 Å². The molecule has 0 atom stereocenters. The molecule has 9 heteroatoms. The van der Waals surface area contributed by atoms with Gasteiger partial charge < -0.3 is 21.7 Å². The average molecular weight is 463 g/mol. The fraction of sp³-hybridized carbons (Fsp3) is 0.0833. The Morgan fingerprint density at radius 1 is 1.06 bits per heavy atom. The van der Waals surface area contributed by atoms with Gasteiger partial charge in [0.2, 0.25) is 0 Å². The number of hydrogen-bond donors (Lipinski definition) is 4. The van der Waals surface area contributed by atoms with Gasteiger partial charge >= 0.3 is 0 Å². The summed E-state index contributed by atoms with van der Waals surface area (Å²) >= 11 is 0. The first-order valence-corrected chi connectivity index (χ1v) is 12.0. The number of sulfone groups is 1. The molecule has 0 radical (unpaired) electrons. The highest BCUT2D eigenvalue weighted by molar-refractivity contribution is 7.90. The van der Waals surface area contributed by atoms with Gasteiger partial charge in [0, 0.05) is 40.9 Å². The number of anilines is 4. The summed E-state index contributed by atoms with van der Waals surface area (Å²) in [4.78, 5) is 24.9. The molecule has 168 valence electrons. The Balaban J connectivity index is 1.43. The van der Waals surface area contributed by atoms with Crippen molar-refractivity contribution < 1.29 is 18.0 Å². The van der Waals surface area contributed by atoms with Gasteiger partial charge in [-0.1, -0.05) is 18.2 Å². The molecule has 3 aromatic carbocycles. The number of fused-ring (bicyclic) bond motifs is 1. The first-order chi connectivity index (χ1) is 15.7. The lowest BCUT2D eigenvalue weighted by Gasteiger charge is -2.09.